The zero-order valence-corrected chi connectivity index (χ0v) is 55.5. The number of alkyl halides is 1. The minimum absolute atomic E-state index is 0. The maximum absolute atomic E-state index is 9.16. The van der Waals surface area contributed by atoms with Crippen LogP contribution in [0.5, 0.6) is 0 Å². The zero-order valence-electron chi connectivity index (χ0n) is 47.4. The SMILES string of the molecule is CC(C)(CCCCBr)COC1CCCCO1.CC(C)(CCCCSCCCCC(C)(C)COC1CCCCO1)COC1CCCCO1.CC(C)(CO)CCCCSCCCCC(C)(C)CO.[Na+].[Na+].[SH-]. The Kier molecular flexibility index (Phi) is 51.1. The summed E-state index contributed by atoms with van der Waals surface area (Å²) in [7, 11) is 0. The molecule has 3 fully saturated rings. The average molecular weight is 1120 g/mol. The number of hydrogen-bond donors (Lipinski definition) is 2. The molecule has 14 heteroatoms. The summed E-state index contributed by atoms with van der Waals surface area (Å²) in [6, 6.07) is 0. The Labute approximate surface area is 496 Å². The van der Waals surface area contributed by atoms with Gasteiger partial charge in [-0.3, -0.25) is 0 Å². The summed E-state index contributed by atoms with van der Waals surface area (Å²) in [5, 5.41) is 19.4. The molecule has 0 amide bonds. The van der Waals surface area contributed by atoms with Crippen molar-refractivity contribution in [3.05, 3.63) is 0 Å². The van der Waals surface area contributed by atoms with Gasteiger partial charge in [-0.1, -0.05) is 117 Å². The van der Waals surface area contributed by atoms with E-state index < -0.39 is 0 Å². The summed E-state index contributed by atoms with van der Waals surface area (Å²) in [5.41, 5.74) is 0.980. The first-order valence-electron chi connectivity index (χ1n) is 27.0. The first-order valence-corrected chi connectivity index (χ1v) is 30.4. The summed E-state index contributed by atoms with van der Waals surface area (Å²) in [5.74, 6) is 5.05. The molecule has 3 rings (SSSR count). The van der Waals surface area contributed by atoms with Crippen LogP contribution in [-0.2, 0) is 41.9 Å². The molecule has 0 spiro atoms. The molecule has 3 atom stereocenters. The maximum Gasteiger partial charge on any atom is 1.00 e. The minimum atomic E-state index is 0. The van der Waals surface area contributed by atoms with Gasteiger partial charge in [-0.2, -0.15) is 23.5 Å². The van der Waals surface area contributed by atoms with E-state index in [9.17, 15) is 0 Å². The third-order valence-electron chi connectivity index (χ3n) is 13.1. The van der Waals surface area contributed by atoms with Crippen LogP contribution in [0.15, 0.2) is 0 Å². The van der Waals surface area contributed by atoms with Crippen molar-refractivity contribution in [1.29, 1.82) is 0 Å². The monoisotopic (exact) mass is 1120 g/mol. The summed E-state index contributed by atoms with van der Waals surface area (Å²) in [4.78, 5) is 0. The van der Waals surface area contributed by atoms with Gasteiger partial charge < -0.3 is 52.1 Å². The largest absolute Gasteiger partial charge is 1.00 e. The number of rotatable bonds is 35. The Morgan fingerprint density at radius 3 is 0.913 bits per heavy atom. The zero-order chi connectivity index (χ0) is 49.1. The Bertz CT molecular complexity index is 1050. The van der Waals surface area contributed by atoms with Gasteiger partial charge in [0, 0.05) is 38.4 Å². The van der Waals surface area contributed by atoms with Crippen molar-refractivity contribution in [2.24, 2.45) is 27.1 Å². The Morgan fingerprint density at radius 1 is 0.420 bits per heavy atom. The molecule has 3 saturated heterocycles. The number of thioether (sulfide) groups is 2. The third-order valence-corrected chi connectivity index (χ3v) is 15.9. The third kappa shape index (κ3) is 47.0. The molecular formula is C55H110BrNa2O8S3+. The van der Waals surface area contributed by atoms with Crippen molar-refractivity contribution in [3.63, 3.8) is 0 Å². The fourth-order valence-electron chi connectivity index (χ4n) is 7.99. The Balaban J connectivity index is -0.000000993. The van der Waals surface area contributed by atoms with Crippen LogP contribution >= 0.6 is 39.5 Å². The van der Waals surface area contributed by atoms with Crippen LogP contribution in [0.3, 0.4) is 0 Å². The first kappa shape index (κ1) is 76.4. The second-order valence-electron chi connectivity index (χ2n) is 23.7. The van der Waals surface area contributed by atoms with E-state index in [0.717, 1.165) is 77.1 Å². The number of halogens is 1. The molecule has 3 aliphatic heterocycles. The second-order valence-corrected chi connectivity index (χ2v) is 26.9. The predicted octanol–water partition coefficient (Wildman–Crippen LogP) is 9.16. The first-order chi connectivity index (χ1) is 31.3. The fraction of sp³-hybridized carbons (Fsp3) is 1.00. The van der Waals surface area contributed by atoms with Crippen molar-refractivity contribution in [1.82, 2.24) is 0 Å². The van der Waals surface area contributed by atoms with Gasteiger partial charge in [-0.15, -0.1) is 0 Å². The topological polar surface area (TPSA) is 95.8 Å². The molecule has 69 heavy (non-hydrogen) atoms. The summed E-state index contributed by atoms with van der Waals surface area (Å²) >= 11 is 7.64. The van der Waals surface area contributed by atoms with Gasteiger partial charge in [-0.05, 0) is 172 Å². The fourth-order valence-corrected chi connectivity index (χ4v) is 10.4. The van der Waals surface area contributed by atoms with E-state index in [1.807, 2.05) is 11.8 Å². The Morgan fingerprint density at radius 2 is 0.681 bits per heavy atom. The summed E-state index contributed by atoms with van der Waals surface area (Å²) in [6.45, 7) is 28.0. The Hall–Kier alpha value is 3.21. The summed E-state index contributed by atoms with van der Waals surface area (Å²) < 4.78 is 34.8. The van der Waals surface area contributed by atoms with E-state index in [4.69, 9.17) is 38.6 Å². The quantitative estimate of drug-likeness (QED) is 0.0209. The van der Waals surface area contributed by atoms with Crippen LogP contribution in [0.1, 0.15) is 223 Å². The van der Waals surface area contributed by atoms with Gasteiger partial charge >= 0.3 is 59.1 Å². The molecule has 2 N–H and O–H groups in total. The van der Waals surface area contributed by atoms with Crippen LogP contribution in [-0.4, -0.2) is 110 Å². The molecule has 0 saturated carbocycles. The van der Waals surface area contributed by atoms with Gasteiger partial charge in [0.2, 0.25) is 0 Å². The van der Waals surface area contributed by atoms with E-state index in [-0.39, 0.29) is 119 Å². The van der Waals surface area contributed by atoms with E-state index in [2.05, 4.69) is 96.9 Å². The van der Waals surface area contributed by atoms with Crippen LogP contribution in [0.2, 0.25) is 0 Å². The van der Waals surface area contributed by atoms with E-state index in [1.165, 1.54) is 145 Å². The van der Waals surface area contributed by atoms with E-state index in [0.29, 0.717) is 13.2 Å². The standard InChI is InChI=1S/C26H50O4S.C16H34O2S.C13H25BrO2.2Na.H2S/c1-25(2,21-29-23-13-5-9-17-27-23)15-7-11-19-31-20-12-8-16-26(3,4)22-30-24-14-6-10-18-28-24;1-15(2,13-17)9-5-7-11-19-12-8-6-10-16(3,4)14-18;1-13(2,8-4-5-9-14)11-16-12-7-3-6-10-15-12;;;/h23-24H,5-22H2,1-4H3;17-18H,5-14H2,1-4H3;12H,3-11H2,1-2H3;;;1H2/q;;;2*+1;/p-1. The van der Waals surface area contributed by atoms with Crippen molar-refractivity contribution >= 4 is 52.9 Å². The molecule has 8 nitrogen and oxygen atoms in total. The average Bonchev–Trinajstić information content (AvgIpc) is 3.30. The smallest absolute Gasteiger partial charge is 0.813 e. The van der Waals surface area contributed by atoms with E-state index >= 15 is 0 Å². The molecule has 0 aliphatic carbocycles. The normalized spacial score (nSPS) is 19.2. The minimum Gasteiger partial charge on any atom is -0.813 e. The number of aliphatic hydroxyl groups excluding tert-OH is 2. The van der Waals surface area contributed by atoms with Gasteiger partial charge in [-0.25, -0.2) is 0 Å². The molecule has 0 aromatic carbocycles. The van der Waals surface area contributed by atoms with Gasteiger partial charge in [0.25, 0.3) is 0 Å². The van der Waals surface area contributed by atoms with Crippen molar-refractivity contribution < 1.29 is 97.7 Å². The number of aliphatic hydroxyl groups is 2. The number of thiol groups is 1. The maximum atomic E-state index is 9.16. The van der Waals surface area contributed by atoms with Crippen LogP contribution in [0.25, 0.3) is 0 Å². The van der Waals surface area contributed by atoms with E-state index in [1.54, 1.807) is 0 Å². The van der Waals surface area contributed by atoms with Gasteiger partial charge in [0.05, 0.1) is 19.8 Å². The van der Waals surface area contributed by atoms with Crippen molar-refractivity contribution in [2.75, 3.05) is 81.2 Å². The molecule has 0 aromatic heterocycles. The molecule has 3 aliphatic rings. The molecule has 404 valence electrons. The number of hydrogen-bond acceptors (Lipinski definition) is 11. The summed E-state index contributed by atoms with van der Waals surface area (Å²) in [6.07, 6.45) is 29.3. The van der Waals surface area contributed by atoms with Crippen molar-refractivity contribution in [2.45, 2.75) is 242 Å². The molecular weight excluding hydrogens is 1010 g/mol. The molecule has 0 radical (unpaired) electrons. The van der Waals surface area contributed by atoms with Crippen LogP contribution < -0.4 is 59.1 Å². The van der Waals surface area contributed by atoms with Crippen LogP contribution in [0, 0.1) is 27.1 Å². The number of ether oxygens (including phenoxy) is 6. The molecule has 0 aromatic rings. The molecule has 3 heterocycles. The van der Waals surface area contributed by atoms with Gasteiger partial charge in [0.15, 0.2) is 18.9 Å². The predicted molar refractivity (Wildman–Crippen MR) is 298 cm³/mol. The second kappa shape index (κ2) is 46.2. The molecule has 3 unspecified atom stereocenters. The number of unbranched alkanes of at least 4 members (excludes halogenated alkanes) is 5. The van der Waals surface area contributed by atoms with Crippen molar-refractivity contribution in [3.8, 4) is 0 Å². The molecule has 0 bridgehead atoms. The van der Waals surface area contributed by atoms with Crippen LogP contribution in [0.4, 0.5) is 0 Å². The van der Waals surface area contributed by atoms with Gasteiger partial charge in [0.1, 0.15) is 0 Å².